The zero-order valence-electron chi connectivity index (χ0n) is 10.9. The summed E-state index contributed by atoms with van der Waals surface area (Å²) in [4.78, 5) is 18.3. The van der Waals surface area contributed by atoms with E-state index < -0.39 is 0 Å². The molecule has 0 atom stereocenters. The van der Waals surface area contributed by atoms with E-state index in [-0.39, 0.29) is 5.56 Å². The molecule has 100 valence electrons. The molecule has 0 saturated heterocycles. The highest BCUT2D eigenvalue weighted by Crippen LogP contribution is 2.25. The molecule has 4 heteroatoms. The van der Waals surface area contributed by atoms with Crippen molar-refractivity contribution in [2.24, 2.45) is 5.92 Å². The van der Waals surface area contributed by atoms with Gasteiger partial charge in [0.15, 0.2) is 0 Å². The zero-order valence-corrected chi connectivity index (χ0v) is 10.9. The summed E-state index contributed by atoms with van der Waals surface area (Å²) in [7, 11) is 0. The molecule has 3 rings (SSSR count). The molecule has 0 unspecified atom stereocenters. The molecule has 1 aromatic heterocycles. The van der Waals surface area contributed by atoms with Crippen LogP contribution in [-0.4, -0.2) is 16.6 Å². The van der Waals surface area contributed by atoms with Gasteiger partial charge in [0.2, 0.25) is 0 Å². The van der Waals surface area contributed by atoms with Crippen LogP contribution in [0.15, 0.2) is 29.3 Å². The maximum Gasteiger partial charge on any atom is 0.258 e. The minimum absolute atomic E-state index is 0.108. The van der Waals surface area contributed by atoms with Gasteiger partial charge in [0, 0.05) is 6.07 Å². The van der Waals surface area contributed by atoms with Gasteiger partial charge < -0.3 is 9.72 Å². The third kappa shape index (κ3) is 2.78. The van der Waals surface area contributed by atoms with Crippen LogP contribution in [0.4, 0.5) is 0 Å². The minimum Gasteiger partial charge on any atom is -0.493 e. The smallest absolute Gasteiger partial charge is 0.258 e. The fraction of sp³-hybridized carbons (Fsp3) is 0.467. The summed E-state index contributed by atoms with van der Waals surface area (Å²) in [6.45, 7) is 0.773. The number of hydrogen-bond acceptors (Lipinski definition) is 3. The van der Waals surface area contributed by atoms with Crippen molar-refractivity contribution >= 4 is 10.9 Å². The van der Waals surface area contributed by atoms with Crippen molar-refractivity contribution in [3.8, 4) is 5.75 Å². The molecule has 1 aromatic carbocycles. The number of fused-ring (bicyclic) bond motifs is 1. The van der Waals surface area contributed by atoms with E-state index in [4.69, 9.17) is 4.74 Å². The van der Waals surface area contributed by atoms with E-state index >= 15 is 0 Å². The molecule has 1 fully saturated rings. The first-order valence-electron chi connectivity index (χ1n) is 6.93. The topological polar surface area (TPSA) is 55.0 Å². The van der Waals surface area contributed by atoms with Crippen LogP contribution in [0.3, 0.4) is 0 Å². The van der Waals surface area contributed by atoms with Gasteiger partial charge in [0.1, 0.15) is 5.75 Å². The Balaban J connectivity index is 1.72. The zero-order chi connectivity index (χ0) is 13.1. The summed E-state index contributed by atoms with van der Waals surface area (Å²) in [6, 6.07) is 5.47. The predicted molar refractivity (Wildman–Crippen MR) is 74.4 cm³/mol. The van der Waals surface area contributed by atoms with Crippen LogP contribution in [0.5, 0.6) is 5.75 Å². The Morgan fingerprint density at radius 3 is 2.95 bits per heavy atom. The van der Waals surface area contributed by atoms with Gasteiger partial charge >= 0.3 is 0 Å². The molecular weight excluding hydrogens is 240 g/mol. The number of H-pyrrole nitrogens is 1. The number of nitrogens with zero attached hydrogens (tertiary/aromatic N) is 1. The molecule has 0 radical (unpaired) electrons. The Labute approximate surface area is 111 Å². The Bertz CT molecular complexity index is 615. The largest absolute Gasteiger partial charge is 0.493 e. The highest BCUT2D eigenvalue weighted by molar-refractivity contribution is 5.78. The van der Waals surface area contributed by atoms with Gasteiger partial charge in [0.25, 0.3) is 5.56 Å². The number of aromatic amines is 1. The second kappa shape index (κ2) is 5.43. The van der Waals surface area contributed by atoms with Gasteiger partial charge in [0.05, 0.1) is 23.8 Å². The molecule has 4 nitrogen and oxygen atoms in total. The predicted octanol–water partition coefficient (Wildman–Crippen LogP) is 2.88. The molecule has 19 heavy (non-hydrogen) atoms. The highest BCUT2D eigenvalue weighted by Gasteiger charge is 2.14. The second-order valence-corrected chi connectivity index (χ2v) is 5.23. The van der Waals surface area contributed by atoms with Gasteiger partial charge in [-0.15, -0.1) is 0 Å². The van der Waals surface area contributed by atoms with Crippen molar-refractivity contribution in [1.82, 2.24) is 9.97 Å². The Hall–Kier alpha value is -1.84. The van der Waals surface area contributed by atoms with Crippen molar-refractivity contribution in [1.29, 1.82) is 0 Å². The molecule has 0 aliphatic heterocycles. The quantitative estimate of drug-likeness (QED) is 0.921. The van der Waals surface area contributed by atoms with Gasteiger partial charge in [-0.2, -0.15) is 0 Å². The summed E-state index contributed by atoms with van der Waals surface area (Å²) in [6.07, 6.45) is 7.97. The van der Waals surface area contributed by atoms with Crippen molar-refractivity contribution in [2.75, 3.05) is 6.61 Å². The van der Waals surface area contributed by atoms with Crippen LogP contribution in [0.2, 0.25) is 0 Å². The second-order valence-electron chi connectivity index (χ2n) is 5.23. The molecule has 1 saturated carbocycles. The molecule has 0 spiro atoms. The average Bonchev–Trinajstić information content (AvgIpc) is 2.46. The molecule has 0 bridgehead atoms. The standard InChI is InChI=1S/C15H18N2O2/c18-15-13-7-6-12(8-14(13)16-10-17-15)19-9-11-4-2-1-3-5-11/h6-8,10-11H,1-5,9H2,(H,16,17,18). The fourth-order valence-electron chi connectivity index (χ4n) is 2.71. The van der Waals surface area contributed by atoms with E-state index in [1.165, 1.54) is 38.4 Å². The van der Waals surface area contributed by atoms with Crippen molar-refractivity contribution in [2.45, 2.75) is 32.1 Å². The molecule has 2 aromatic rings. The van der Waals surface area contributed by atoms with E-state index in [1.54, 1.807) is 6.07 Å². The Morgan fingerprint density at radius 1 is 1.26 bits per heavy atom. The molecule has 1 heterocycles. The maximum atomic E-state index is 11.6. The van der Waals surface area contributed by atoms with Crippen LogP contribution in [-0.2, 0) is 0 Å². The van der Waals surface area contributed by atoms with Crippen LogP contribution >= 0.6 is 0 Å². The number of rotatable bonds is 3. The summed E-state index contributed by atoms with van der Waals surface area (Å²) < 4.78 is 5.84. The van der Waals surface area contributed by atoms with Crippen LogP contribution < -0.4 is 10.3 Å². The van der Waals surface area contributed by atoms with Crippen molar-refractivity contribution in [3.05, 3.63) is 34.9 Å². The molecule has 1 N–H and O–H groups in total. The summed E-state index contributed by atoms with van der Waals surface area (Å²) in [5.41, 5.74) is 0.578. The normalized spacial score (nSPS) is 16.6. The van der Waals surface area contributed by atoms with Crippen LogP contribution in [0.25, 0.3) is 10.9 Å². The van der Waals surface area contributed by atoms with E-state index in [0.717, 1.165) is 12.4 Å². The SMILES string of the molecule is O=c1[nH]cnc2cc(OCC3CCCCC3)ccc12. The monoisotopic (exact) mass is 258 g/mol. The minimum atomic E-state index is -0.108. The van der Waals surface area contributed by atoms with E-state index in [1.807, 2.05) is 12.1 Å². The lowest BCUT2D eigenvalue weighted by Gasteiger charge is -2.21. The van der Waals surface area contributed by atoms with Crippen LogP contribution in [0, 0.1) is 5.92 Å². The third-order valence-electron chi connectivity index (χ3n) is 3.82. The first-order chi connectivity index (χ1) is 9.33. The van der Waals surface area contributed by atoms with Gasteiger partial charge in [-0.1, -0.05) is 19.3 Å². The van der Waals surface area contributed by atoms with Crippen molar-refractivity contribution < 1.29 is 4.74 Å². The molecule has 1 aliphatic carbocycles. The van der Waals surface area contributed by atoms with Gasteiger partial charge in [-0.25, -0.2) is 4.98 Å². The Morgan fingerprint density at radius 2 is 2.11 bits per heavy atom. The third-order valence-corrected chi connectivity index (χ3v) is 3.82. The van der Waals surface area contributed by atoms with E-state index in [0.29, 0.717) is 16.8 Å². The first-order valence-corrected chi connectivity index (χ1v) is 6.93. The molecular formula is C15H18N2O2. The summed E-state index contributed by atoms with van der Waals surface area (Å²) >= 11 is 0. The lowest BCUT2D eigenvalue weighted by molar-refractivity contribution is 0.209. The molecule has 0 amide bonds. The summed E-state index contributed by atoms with van der Waals surface area (Å²) in [5, 5.41) is 0.604. The fourth-order valence-corrected chi connectivity index (χ4v) is 2.71. The van der Waals surface area contributed by atoms with Crippen molar-refractivity contribution in [3.63, 3.8) is 0 Å². The average molecular weight is 258 g/mol. The van der Waals surface area contributed by atoms with E-state index in [9.17, 15) is 4.79 Å². The number of benzene rings is 1. The van der Waals surface area contributed by atoms with Gasteiger partial charge in [-0.05, 0) is 30.9 Å². The van der Waals surface area contributed by atoms with Gasteiger partial charge in [-0.3, -0.25) is 4.79 Å². The number of hydrogen-bond donors (Lipinski definition) is 1. The lowest BCUT2D eigenvalue weighted by Crippen LogP contribution is -2.15. The first kappa shape index (κ1) is 12.2. The number of aromatic nitrogens is 2. The molecule has 1 aliphatic rings. The lowest BCUT2D eigenvalue weighted by atomic mass is 9.90. The number of nitrogens with one attached hydrogen (secondary N) is 1. The maximum absolute atomic E-state index is 11.6. The Kier molecular flexibility index (Phi) is 3.49. The summed E-state index contributed by atoms with van der Waals surface area (Å²) in [5.74, 6) is 1.48. The van der Waals surface area contributed by atoms with E-state index in [2.05, 4.69) is 9.97 Å². The highest BCUT2D eigenvalue weighted by atomic mass is 16.5. The number of ether oxygens (including phenoxy) is 1. The van der Waals surface area contributed by atoms with Crippen LogP contribution in [0.1, 0.15) is 32.1 Å².